The number of ether oxygens (including phenoxy) is 1. The average Bonchev–Trinajstić information content (AvgIpc) is 2.88. The van der Waals surface area contributed by atoms with Crippen LogP contribution in [0.5, 0.6) is 0 Å². The van der Waals surface area contributed by atoms with Gasteiger partial charge in [-0.3, -0.25) is 0 Å². The second-order valence-electron chi connectivity index (χ2n) is 3.78. The average molecular weight is 267 g/mol. The smallest absolute Gasteiger partial charge is 0.138 e. The monoisotopic (exact) mass is 266 g/mol. The molecule has 1 heterocycles. The van der Waals surface area contributed by atoms with Crippen LogP contribution in [0.1, 0.15) is 6.42 Å². The van der Waals surface area contributed by atoms with Gasteiger partial charge in [0.25, 0.3) is 0 Å². The third-order valence-corrected chi connectivity index (χ3v) is 2.77. The minimum Gasteiger partial charge on any atom is -0.385 e. The van der Waals surface area contributed by atoms with E-state index in [4.69, 9.17) is 16.3 Å². The summed E-state index contributed by atoms with van der Waals surface area (Å²) in [5.74, 6) is 0. The number of aromatic nitrogens is 3. The van der Waals surface area contributed by atoms with E-state index in [2.05, 4.69) is 15.4 Å². The van der Waals surface area contributed by atoms with Gasteiger partial charge in [0.1, 0.15) is 12.7 Å². The number of nitrogens with zero attached hydrogens (tertiary/aromatic N) is 3. The highest BCUT2D eigenvalue weighted by molar-refractivity contribution is 6.32. The molecule has 0 bridgehead atoms. The van der Waals surface area contributed by atoms with Gasteiger partial charge in [-0.2, -0.15) is 5.10 Å². The minimum absolute atomic E-state index is 0.636. The number of methoxy groups -OCH3 is 1. The number of rotatable bonds is 6. The summed E-state index contributed by atoms with van der Waals surface area (Å²) in [6.07, 6.45) is 4.05. The summed E-state index contributed by atoms with van der Waals surface area (Å²) in [6, 6.07) is 5.76. The van der Waals surface area contributed by atoms with Crippen LogP contribution in [0, 0.1) is 0 Å². The number of anilines is 1. The SMILES string of the molecule is COCCCNc1ccc(-n2cncn2)c(Cl)c1. The normalized spacial score (nSPS) is 10.6. The van der Waals surface area contributed by atoms with Crippen molar-refractivity contribution in [3.63, 3.8) is 0 Å². The summed E-state index contributed by atoms with van der Waals surface area (Å²) in [5, 5.41) is 7.97. The van der Waals surface area contributed by atoms with E-state index in [9.17, 15) is 0 Å². The maximum atomic E-state index is 6.21. The van der Waals surface area contributed by atoms with Crippen LogP contribution in [-0.4, -0.2) is 35.0 Å². The Bertz CT molecular complexity index is 487. The molecule has 96 valence electrons. The molecule has 0 fully saturated rings. The van der Waals surface area contributed by atoms with Gasteiger partial charge in [0.05, 0.1) is 10.7 Å². The van der Waals surface area contributed by atoms with Crippen molar-refractivity contribution in [2.75, 3.05) is 25.6 Å². The lowest BCUT2D eigenvalue weighted by Gasteiger charge is -2.09. The Morgan fingerprint density at radius 2 is 2.33 bits per heavy atom. The Labute approximate surface area is 111 Å². The van der Waals surface area contributed by atoms with Crippen molar-refractivity contribution in [1.29, 1.82) is 0 Å². The van der Waals surface area contributed by atoms with Gasteiger partial charge in [-0.15, -0.1) is 0 Å². The molecule has 0 atom stereocenters. The van der Waals surface area contributed by atoms with Gasteiger partial charge in [-0.25, -0.2) is 9.67 Å². The summed E-state index contributed by atoms with van der Waals surface area (Å²) in [5.41, 5.74) is 1.80. The molecule has 0 aliphatic heterocycles. The molecule has 5 nitrogen and oxygen atoms in total. The lowest BCUT2D eigenvalue weighted by atomic mass is 10.2. The molecule has 0 unspecified atom stereocenters. The van der Waals surface area contributed by atoms with Crippen LogP contribution in [0.15, 0.2) is 30.9 Å². The van der Waals surface area contributed by atoms with E-state index in [1.165, 1.54) is 6.33 Å². The fourth-order valence-corrected chi connectivity index (χ4v) is 1.85. The molecule has 2 aromatic rings. The van der Waals surface area contributed by atoms with Gasteiger partial charge in [-0.05, 0) is 24.6 Å². The van der Waals surface area contributed by atoms with Crippen molar-refractivity contribution >= 4 is 17.3 Å². The largest absolute Gasteiger partial charge is 0.385 e. The van der Waals surface area contributed by atoms with Crippen LogP contribution in [0.2, 0.25) is 5.02 Å². The maximum Gasteiger partial charge on any atom is 0.138 e. The fourth-order valence-electron chi connectivity index (χ4n) is 1.58. The molecule has 0 saturated carbocycles. The topological polar surface area (TPSA) is 52.0 Å². The zero-order chi connectivity index (χ0) is 12.8. The molecule has 0 amide bonds. The first kappa shape index (κ1) is 12.9. The molecule has 0 saturated heterocycles. The fraction of sp³-hybridized carbons (Fsp3) is 0.333. The lowest BCUT2D eigenvalue weighted by Crippen LogP contribution is -2.05. The highest BCUT2D eigenvalue weighted by atomic mass is 35.5. The Morgan fingerprint density at radius 3 is 3.00 bits per heavy atom. The zero-order valence-corrected chi connectivity index (χ0v) is 10.9. The van der Waals surface area contributed by atoms with Crippen molar-refractivity contribution in [3.8, 4) is 5.69 Å². The second kappa shape index (κ2) is 6.37. The molecule has 0 aliphatic carbocycles. The van der Waals surface area contributed by atoms with Gasteiger partial charge in [0.2, 0.25) is 0 Å². The molecule has 1 aromatic carbocycles. The van der Waals surface area contributed by atoms with Gasteiger partial charge in [0.15, 0.2) is 0 Å². The van der Waals surface area contributed by atoms with Crippen LogP contribution in [0.3, 0.4) is 0 Å². The first-order valence-corrected chi connectivity index (χ1v) is 6.06. The summed E-state index contributed by atoms with van der Waals surface area (Å²) >= 11 is 6.21. The minimum atomic E-state index is 0.636. The Morgan fingerprint density at radius 1 is 1.44 bits per heavy atom. The number of hydrogen-bond donors (Lipinski definition) is 1. The van der Waals surface area contributed by atoms with Gasteiger partial charge in [-0.1, -0.05) is 11.6 Å². The second-order valence-corrected chi connectivity index (χ2v) is 4.19. The third kappa shape index (κ3) is 3.21. The third-order valence-electron chi connectivity index (χ3n) is 2.47. The lowest BCUT2D eigenvalue weighted by molar-refractivity contribution is 0.198. The van der Waals surface area contributed by atoms with E-state index in [0.29, 0.717) is 5.02 Å². The van der Waals surface area contributed by atoms with Crippen LogP contribution in [-0.2, 0) is 4.74 Å². The zero-order valence-electron chi connectivity index (χ0n) is 10.1. The van der Waals surface area contributed by atoms with Gasteiger partial charge >= 0.3 is 0 Å². The predicted octanol–water partition coefficient (Wildman–Crippen LogP) is 2.37. The molecule has 2 rings (SSSR count). The Balaban J connectivity index is 2.01. The number of nitrogens with one attached hydrogen (secondary N) is 1. The van der Waals surface area contributed by atoms with E-state index < -0.39 is 0 Å². The molecule has 6 heteroatoms. The Kier molecular flexibility index (Phi) is 4.55. The van der Waals surface area contributed by atoms with Crippen molar-refractivity contribution in [1.82, 2.24) is 14.8 Å². The quantitative estimate of drug-likeness (QED) is 0.816. The molecule has 0 spiro atoms. The van der Waals surface area contributed by atoms with E-state index in [1.54, 1.807) is 18.1 Å². The summed E-state index contributed by atoms with van der Waals surface area (Å²) < 4.78 is 6.62. The molecule has 18 heavy (non-hydrogen) atoms. The summed E-state index contributed by atoms with van der Waals surface area (Å²) in [4.78, 5) is 3.90. The molecule has 1 aromatic heterocycles. The molecule has 0 radical (unpaired) electrons. The van der Waals surface area contributed by atoms with E-state index in [0.717, 1.165) is 30.9 Å². The Hall–Kier alpha value is -1.59. The van der Waals surface area contributed by atoms with Crippen LogP contribution >= 0.6 is 11.6 Å². The molecule has 0 aliphatic rings. The van der Waals surface area contributed by atoms with Gasteiger partial charge < -0.3 is 10.1 Å². The summed E-state index contributed by atoms with van der Waals surface area (Å²) in [6.45, 7) is 1.60. The number of hydrogen-bond acceptors (Lipinski definition) is 4. The molecule has 1 N–H and O–H groups in total. The summed E-state index contributed by atoms with van der Waals surface area (Å²) in [7, 11) is 1.70. The van der Waals surface area contributed by atoms with E-state index >= 15 is 0 Å². The highest BCUT2D eigenvalue weighted by Gasteiger charge is 2.04. The van der Waals surface area contributed by atoms with Crippen LogP contribution < -0.4 is 5.32 Å². The molecular weight excluding hydrogens is 252 g/mol. The van der Waals surface area contributed by atoms with Crippen LogP contribution in [0.25, 0.3) is 5.69 Å². The van der Waals surface area contributed by atoms with E-state index in [1.807, 2.05) is 18.2 Å². The van der Waals surface area contributed by atoms with Crippen molar-refractivity contribution in [3.05, 3.63) is 35.9 Å². The number of halogens is 1. The first-order valence-electron chi connectivity index (χ1n) is 5.68. The predicted molar refractivity (Wildman–Crippen MR) is 71.4 cm³/mol. The standard InChI is InChI=1S/C12H15ClN4O/c1-18-6-2-5-15-10-3-4-12(11(13)7-10)17-9-14-8-16-17/h3-4,7-9,15H,2,5-6H2,1H3. The van der Waals surface area contributed by atoms with E-state index in [-0.39, 0.29) is 0 Å². The van der Waals surface area contributed by atoms with Crippen molar-refractivity contribution < 1.29 is 4.74 Å². The van der Waals surface area contributed by atoms with Crippen molar-refractivity contribution in [2.24, 2.45) is 0 Å². The maximum absolute atomic E-state index is 6.21. The van der Waals surface area contributed by atoms with Crippen LogP contribution in [0.4, 0.5) is 5.69 Å². The molecular formula is C12H15ClN4O. The number of benzene rings is 1. The van der Waals surface area contributed by atoms with Crippen molar-refractivity contribution in [2.45, 2.75) is 6.42 Å². The van der Waals surface area contributed by atoms with Gasteiger partial charge in [0, 0.05) is 25.9 Å². The first-order chi connectivity index (χ1) is 8.81. The highest BCUT2D eigenvalue weighted by Crippen LogP contribution is 2.23.